The zero-order valence-electron chi connectivity index (χ0n) is 9.65. The summed E-state index contributed by atoms with van der Waals surface area (Å²) >= 11 is 11.8. The van der Waals surface area contributed by atoms with Gasteiger partial charge in [-0.3, -0.25) is 0 Å². The van der Waals surface area contributed by atoms with Gasteiger partial charge in [0.05, 0.1) is 5.02 Å². The monoisotopic (exact) mass is 283 g/mol. The zero-order chi connectivity index (χ0) is 13.0. The van der Waals surface area contributed by atoms with Crippen molar-refractivity contribution in [2.75, 3.05) is 7.05 Å². The maximum absolute atomic E-state index is 5.99. The first-order valence-electron chi connectivity index (χ1n) is 5.27. The molecule has 0 amide bonds. The molecule has 1 aromatic carbocycles. The first-order valence-corrected chi connectivity index (χ1v) is 6.03. The Bertz CT molecular complexity index is 531. The van der Waals surface area contributed by atoms with E-state index < -0.39 is 0 Å². The van der Waals surface area contributed by atoms with Crippen LogP contribution in [0.5, 0.6) is 11.8 Å². The van der Waals surface area contributed by atoms with Gasteiger partial charge in [-0.15, -0.1) is 0 Å². The third-order valence-electron chi connectivity index (χ3n) is 2.16. The van der Waals surface area contributed by atoms with Crippen LogP contribution in [-0.4, -0.2) is 17.0 Å². The number of hydrogen-bond donors (Lipinski definition) is 1. The van der Waals surface area contributed by atoms with Crippen LogP contribution in [-0.2, 0) is 6.54 Å². The lowest BCUT2D eigenvalue weighted by Gasteiger charge is -2.06. The number of rotatable bonds is 4. The van der Waals surface area contributed by atoms with Crippen LogP contribution in [0.2, 0.25) is 10.0 Å². The third kappa shape index (κ3) is 3.32. The van der Waals surface area contributed by atoms with E-state index in [0.29, 0.717) is 22.3 Å². The molecule has 1 N–H and O–H groups in total. The maximum atomic E-state index is 5.99. The van der Waals surface area contributed by atoms with Crippen molar-refractivity contribution in [1.82, 2.24) is 15.3 Å². The molecule has 1 aromatic heterocycles. The second kappa shape index (κ2) is 6.00. The highest BCUT2D eigenvalue weighted by atomic mass is 35.5. The molecule has 6 heteroatoms. The van der Waals surface area contributed by atoms with E-state index in [0.717, 1.165) is 5.56 Å². The molecule has 2 rings (SSSR count). The lowest BCUT2D eigenvalue weighted by atomic mass is 10.3. The van der Waals surface area contributed by atoms with Crippen molar-refractivity contribution >= 4 is 23.2 Å². The normalized spacial score (nSPS) is 10.4. The molecule has 1 heterocycles. The number of hydrogen-bond acceptors (Lipinski definition) is 4. The summed E-state index contributed by atoms with van der Waals surface area (Å²) < 4.78 is 5.46. The summed E-state index contributed by atoms with van der Waals surface area (Å²) in [6, 6.07) is 5.22. The number of aromatic nitrogens is 2. The Labute approximate surface area is 115 Å². The minimum absolute atomic E-state index is 0.249. The van der Waals surface area contributed by atoms with Crippen LogP contribution >= 0.6 is 23.2 Å². The number of ether oxygens (including phenoxy) is 1. The van der Waals surface area contributed by atoms with Gasteiger partial charge in [-0.2, -0.15) is 0 Å². The van der Waals surface area contributed by atoms with Crippen LogP contribution in [0.15, 0.2) is 30.6 Å². The van der Waals surface area contributed by atoms with E-state index in [1.807, 2.05) is 7.05 Å². The van der Waals surface area contributed by atoms with E-state index in [9.17, 15) is 0 Å². The largest absolute Gasteiger partial charge is 0.423 e. The molecule has 0 aliphatic heterocycles. The maximum Gasteiger partial charge on any atom is 0.321 e. The highest BCUT2D eigenvalue weighted by Gasteiger charge is 2.05. The topological polar surface area (TPSA) is 47.0 Å². The lowest BCUT2D eigenvalue weighted by molar-refractivity contribution is 0.441. The van der Waals surface area contributed by atoms with E-state index in [1.54, 1.807) is 30.6 Å². The van der Waals surface area contributed by atoms with E-state index >= 15 is 0 Å². The van der Waals surface area contributed by atoms with Gasteiger partial charge in [-0.25, -0.2) is 9.97 Å². The predicted octanol–water partition coefficient (Wildman–Crippen LogP) is 3.30. The molecule has 0 radical (unpaired) electrons. The van der Waals surface area contributed by atoms with Gasteiger partial charge >= 0.3 is 6.01 Å². The van der Waals surface area contributed by atoms with Crippen molar-refractivity contribution in [3.8, 4) is 11.8 Å². The SMILES string of the molecule is CNCc1cnc(Oc2ccc(Cl)cc2Cl)nc1. The quantitative estimate of drug-likeness (QED) is 0.935. The Hall–Kier alpha value is -1.36. The summed E-state index contributed by atoms with van der Waals surface area (Å²) in [6.07, 6.45) is 3.39. The first-order chi connectivity index (χ1) is 8.69. The van der Waals surface area contributed by atoms with Crippen LogP contribution < -0.4 is 10.1 Å². The van der Waals surface area contributed by atoms with Crippen LogP contribution in [0, 0.1) is 0 Å². The number of nitrogens with one attached hydrogen (secondary N) is 1. The van der Waals surface area contributed by atoms with E-state index in [-0.39, 0.29) is 6.01 Å². The van der Waals surface area contributed by atoms with Crippen molar-refractivity contribution in [1.29, 1.82) is 0 Å². The molecule has 0 spiro atoms. The summed E-state index contributed by atoms with van der Waals surface area (Å²) in [5, 5.41) is 3.99. The summed E-state index contributed by atoms with van der Waals surface area (Å²) in [7, 11) is 1.86. The van der Waals surface area contributed by atoms with Crippen molar-refractivity contribution < 1.29 is 4.74 Å². The van der Waals surface area contributed by atoms with Gasteiger partial charge in [0.15, 0.2) is 0 Å². The summed E-state index contributed by atoms with van der Waals surface area (Å²) in [5.74, 6) is 0.474. The minimum atomic E-state index is 0.249. The highest BCUT2D eigenvalue weighted by molar-refractivity contribution is 6.35. The molecule has 0 bridgehead atoms. The Morgan fingerprint density at radius 1 is 1.22 bits per heavy atom. The lowest BCUT2D eigenvalue weighted by Crippen LogP contribution is -2.06. The predicted molar refractivity (Wildman–Crippen MR) is 71.3 cm³/mol. The Balaban J connectivity index is 2.13. The van der Waals surface area contributed by atoms with Crippen molar-refractivity contribution in [2.45, 2.75) is 6.54 Å². The molecule has 0 saturated carbocycles. The molecule has 0 unspecified atom stereocenters. The molecule has 0 saturated heterocycles. The second-order valence-electron chi connectivity index (χ2n) is 3.58. The number of nitrogens with zero attached hydrogens (tertiary/aromatic N) is 2. The van der Waals surface area contributed by atoms with Gasteiger partial charge in [-0.1, -0.05) is 23.2 Å². The van der Waals surface area contributed by atoms with Crippen LogP contribution in [0.4, 0.5) is 0 Å². The third-order valence-corrected chi connectivity index (χ3v) is 2.69. The average Bonchev–Trinajstić information content (AvgIpc) is 2.35. The van der Waals surface area contributed by atoms with E-state index in [1.165, 1.54) is 0 Å². The van der Waals surface area contributed by atoms with Crippen LogP contribution in [0.3, 0.4) is 0 Å². The van der Waals surface area contributed by atoms with Gasteiger partial charge in [0, 0.05) is 29.5 Å². The molecule has 4 nitrogen and oxygen atoms in total. The Morgan fingerprint density at radius 3 is 2.56 bits per heavy atom. The van der Waals surface area contributed by atoms with Crippen molar-refractivity contribution in [2.24, 2.45) is 0 Å². The summed E-state index contributed by atoms with van der Waals surface area (Å²) in [6.45, 7) is 0.710. The molecule has 0 atom stereocenters. The molecule has 94 valence electrons. The van der Waals surface area contributed by atoms with Crippen LogP contribution in [0.25, 0.3) is 0 Å². The molecular formula is C12H11Cl2N3O. The zero-order valence-corrected chi connectivity index (χ0v) is 11.2. The Kier molecular flexibility index (Phi) is 4.36. The molecule has 0 aliphatic rings. The fourth-order valence-electron chi connectivity index (χ4n) is 1.35. The number of benzene rings is 1. The van der Waals surface area contributed by atoms with Gasteiger partial charge in [0.25, 0.3) is 0 Å². The fourth-order valence-corrected chi connectivity index (χ4v) is 1.79. The molecule has 0 fully saturated rings. The van der Waals surface area contributed by atoms with E-state index in [2.05, 4.69) is 15.3 Å². The smallest absolute Gasteiger partial charge is 0.321 e. The van der Waals surface area contributed by atoms with Gasteiger partial charge in [0.1, 0.15) is 5.75 Å². The second-order valence-corrected chi connectivity index (χ2v) is 4.42. The minimum Gasteiger partial charge on any atom is -0.423 e. The summed E-state index contributed by atoms with van der Waals surface area (Å²) in [5.41, 5.74) is 0.979. The fraction of sp³-hybridized carbons (Fsp3) is 0.167. The summed E-state index contributed by atoms with van der Waals surface area (Å²) in [4.78, 5) is 8.18. The average molecular weight is 284 g/mol. The molecule has 0 aliphatic carbocycles. The van der Waals surface area contributed by atoms with Gasteiger partial charge in [0.2, 0.25) is 0 Å². The molecule has 2 aromatic rings. The highest BCUT2D eigenvalue weighted by Crippen LogP contribution is 2.29. The standard InChI is InChI=1S/C12H11Cl2N3O/c1-15-5-8-6-16-12(17-7-8)18-11-3-2-9(13)4-10(11)14/h2-4,6-7,15H,5H2,1H3. The first kappa shape index (κ1) is 13.1. The molecular weight excluding hydrogens is 273 g/mol. The van der Waals surface area contributed by atoms with Gasteiger partial charge < -0.3 is 10.1 Å². The molecule has 18 heavy (non-hydrogen) atoms. The van der Waals surface area contributed by atoms with Crippen LogP contribution in [0.1, 0.15) is 5.56 Å². The van der Waals surface area contributed by atoms with Gasteiger partial charge in [-0.05, 0) is 25.2 Å². The van der Waals surface area contributed by atoms with Crippen molar-refractivity contribution in [3.63, 3.8) is 0 Å². The Morgan fingerprint density at radius 2 is 1.94 bits per heavy atom. The van der Waals surface area contributed by atoms with Crippen molar-refractivity contribution in [3.05, 3.63) is 46.2 Å². The number of halogens is 2. The van der Waals surface area contributed by atoms with E-state index in [4.69, 9.17) is 27.9 Å².